The van der Waals surface area contributed by atoms with Crippen LogP contribution in [0.5, 0.6) is 5.75 Å². The molecule has 0 fully saturated rings. The molecule has 0 aromatic heterocycles. The fourth-order valence-electron chi connectivity index (χ4n) is 3.98. The van der Waals surface area contributed by atoms with Crippen molar-refractivity contribution in [3.63, 3.8) is 0 Å². The molecule has 1 heterocycles. The molecule has 1 amide bonds. The van der Waals surface area contributed by atoms with Gasteiger partial charge in [0.1, 0.15) is 5.75 Å². The Morgan fingerprint density at radius 2 is 1.66 bits per heavy atom. The number of carbonyl (C=O) groups excluding carboxylic acids is 2. The molecular formula is C27H25NO4. The number of amides is 1. The van der Waals surface area contributed by atoms with Gasteiger partial charge in [0.25, 0.3) is 5.91 Å². The molecule has 5 heteroatoms. The number of anilines is 1. The van der Waals surface area contributed by atoms with Gasteiger partial charge in [0.15, 0.2) is 0 Å². The highest BCUT2D eigenvalue weighted by Gasteiger charge is 2.38. The molecule has 0 saturated heterocycles. The minimum Gasteiger partial charge on any atom is -0.494 e. The zero-order valence-electron chi connectivity index (χ0n) is 18.4. The SMILES string of the molecule is CCOC(=O)C1=C(C)N(c2ccc(OCC)cc2)C(=O)C1=Cc1cccc2ccccc12. The van der Waals surface area contributed by atoms with E-state index < -0.39 is 5.97 Å². The van der Waals surface area contributed by atoms with E-state index in [1.165, 1.54) is 0 Å². The van der Waals surface area contributed by atoms with E-state index in [4.69, 9.17) is 9.47 Å². The Labute approximate surface area is 187 Å². The molecule has 3 aromatic carbocycles. The van der Waals surface area contributed by atoms with Crippen molar-refractivity contribution in [1.29, 1.82) is 0 Å². The van der Waals surface area contributed by atoms with Crippen molar-refractivity contribution in [2.45, 2.75) is 20.8 Å². The van der Waals surface area contributed by atoms with Crippen LogP contribution in [-0.2, 0) is 14.3 Å². The Hall–Kier alpha value is -3.86. The zero-order chi connectivity index (χ0) is 22.7. The fraction of sp³-hybridized carbons (Fsp3) is 0.185. The Kier molecular flexibility index (Phi) is 6.08. The maximum Gasteiger partial charge on any atom is 0.340 e. The van der Waals surface area contributed by atoms with Gasteiger partial charge >= 0.3 is 5.97 Å². The summed E-state index contributed by atoms with van der Waals surface area (Å²) in [5.74, 6) is -0.0393. The van der Waals surface area contributed by atoms with Crippen molar-refractivity contribution < 1.29 is 19.1 Å². The van der Waals surface area contributed by atoms with Gasteiger partial charge in [0, 0.05) is 11.4 Å². The Balaban J connectivity index is 1.83. The molecule has 1 aliphatic heterocycles. The van der Waals surface area contributed by atoms with E-state index in [1.54, 1.807) is 24.8 Å². The van der Waals surface area contributed by atoms with E-state index in [2.05, 4.69) is 0 Å². The first-order valence-corrected chi connectivity index (χ1v) is 10.7. The number of rotatable bonds is 6. The largest absolute Gasteiger partial charge is 0.494 e. The van der Waals surface area contributed by atoms with Gasteiger partial charge in [0.05, 0.1) is 24.4 Å². The second-order valence-corrected chi connectivity index (χ2v) is 7.37. The highest BCUT2D eigenvalue weighted by atomic mass is 16.5. The van der Waals surface area contributed by atoms with Gasteiger partial charge < -0.3 is 9.47 Å². The van der Waals surface area contributed by atoms with Gasteiger partial charge in [-0.2, -0.15) is 0 Å². The monoisotopic (exact) mass is 427 g/mol. The van der Waals surface area contributed by atoms with Gasteiger partial charge in [-0.15, -0.1) is 0 Å². The predicted octanol–water partition coefficient (Wildman–Crippen LogP) is 5.51. The zero-order valence-corrected chi connectivity index (χ0v) is 18.4. The Morgan fingerprint density at radius 1 is 0.938 bits per heavy atom. The van der Waals surface area contributed by atoms with Crippen LogP contribution in [0, 0.1) is 0 Å². The lowest BCUT2D eigenvalue weighted by Gasteiger charge is -2.18. The van der Waals surface area contributed by atoms with E-state index in [-0.39, 0.29) is 12.5 Å². The maximum atomic E-state index is 13.6. The van der Waals surface area contributed by atoms with Gasteiger partial charge in [-0.25, -0.2) is 4.79 Å². The number of carbonyl (C=O) groups is 2. The summed E-state index contributed by atoms with van der Waals surface area (Å²) >= 11 is 0. The first-order valence-electron chi connectivity index (χ1n) is 10.7. The van der Waals surface area contributed by atoms with E-state index >= 15 is 0 Å². The minimum atomic E-state index is -0.502. The standard InChI is InChI=1S/C27H25NO4/c1-4-31-22-15-13-21(14-16-22)28-18(3)25(27(30)32-5-2)24(26(28)29)17-20-11-8-10-19-9-6-7-12-23(19)20/h6-17H,4-5H2,1-3H3. The molecule has 0 saturated carbocycles. The lowest BCUT2D eigenvalue weighted by atomic mass is 9.99. The number of hydrogen-bond donors (Lipinski definition) is 0. The van der Waals surface area contributed by atoms with Crippen LogP contribution in [0.3, 0.4) is 0 Å². The maximum absolute atomic E-state index is 13.6. The smallest absolute Gasteiger partial charge is 0.340 e. The molecule has 5 nitrogen and oxygen atoms in total. The summed E-state index contributed by atoms with van der Waals surface area (Å²) in [7, 11) is 0. The lowest BCUT2D eigenvalue weighted by molar-refractivity contribution is -0.138. The van der Waals surface area contributed by atoms with Crippen molar-refractivity contribution in [2.75, 3.05) is 18.1 Å². The second-order valence-electron chi connectivity index (χ2n) is 7.37. The van der Waals surface area contributed by atoms with Crippen LogP contribution in [0.25, 0.3) is 16.8 Å². The van der Waals surface area contributed by atoms with Crippen LogP contribution in [0.2, 0.25) is 0 Å². The number of ether oxygens (including phenoxy) is 2. The predicted molar refractivity (Wildman–Crippen MR) is 126 cm³/mol. The molecule has 0 atom stereocenters. The van der Waals surface area contributed by atoms with Crippen molar-refractivity contribution in [3.8, 4) is 5.75 Å². The third-order valence-corrected chi connectivity index (χ3v) is 5.41. The number of hydrogen-bond acceptors (Lipinski definition) is 4. The number of fused-ring (bicyclic) bond motifs is 1. The highest BCUT2D eigenvalue weighted by Crippen LogP contribution is 2.36. The Morgan fingerprint density at radius 3 is 2.38 bits per heavy atom. The van der Waals surface area contributed by atoms with Crippen LogP contribution in [-0.4, -0.2) is 25.1 Å². The fourth-order valence-corrected chi connectivity index (χ4v) is 3.98. The number of benzene rings is 3. The molecule has 1 aliphatic rings. The first kappa shape index (κ1) is 21.4. The third-order valence-electron chi connectivity index (χ3n) is 5.41. The van der Waals surface area contributed by atoms with Gasteiger partial charge in [-0.1, -0.05) is 42.5 Å². The van der Waals surface area contributed by atoms with Crippen LogP contribution >= 0.6 is 0 Å². The summed E-state index contributed by atoms with van der Waals surface area (Å²) in [5.41, 5.74) is 2.70. The van der Waals surface area contributed by atoms with E-state index in [0.29, 0.717) is 29.1 Å². The van der Waals surface area contributed by atoms with E-state index in [0.717, 1.165) is 22.1 Å². The first-order chi connectivity index (χ1) is 15.5. The van der Waals surface area contributed by atoms with Gasteiger partial charge in [-0.05, 0) is 67.4 Å². The number of allylic oxidation sites excluding steroid dienone is 1. The molecule has 4 rings (SSSR count). The molecule has 32 heavy (non-hydrogen) atoms. The van der Waals surface area contributed by atoms with Crippen molar-refractivity contribution in [1.82, 2.24) is 0 Å². The van der Waals surface area contributed by atoms with Crippen LogP contribution in [0.1, 0.15) is 26.3 Å². The van der Waals surface area contributed by atoms with Crippen LogP contribution in [0.4, 0.5) is 5.69 Å². The van der Waals surface area contributed by atoms with Gasteiger partial charge in [-0.3, -0.25) is 9.69 Å². The van der Waals surface area contributed by atoms with E-state index in [1.807, 2.05) is 73.7 Å². The molecule has 0 unspecified atom stereocenters. The molecule has 0 bridgehead atoms. The minimum absolute atomic E-state index is 0.231. The normalized spacial score (nSPS) is 15.0. The molecule has 0 radical (unpaired) electrons. The summed E-state index contributed by atoms with van der Waals surface area (Å²) in [6.45, 7) is 6.23. The average Bonchev–Trinajstić information content (AvgIpc) is 3.04. The topological polar surface area (TPSA) is 55.8 Å². The van der Waals surface area contributed by atoms with Crippen LogP contribution in [0.15, 0.2) is 83.6 Å². The average molecular weight is 428 g/mol. The number of esters is 1. The van der Waals surface area contributed by atoms with Crippen molar-refractivity contribution in [3.05, 3.63) is 89.1 Å². The lowest BCUT2D eigenvalue weighted by Crippen LogP contribution is -2.24. The van der Waals surface area contributed by atoms with Crippen molar-refractivity contribution in [2.24, 2.45) is 0 Å². The van der Waals surface area contributed by atoms with Crippen LogP contribution < -0.4 is 9.64 Å². The molecule has 0 N–H and O–H groups in total. The van der Waals surface area contributed by atoms with Gasteiger partial charge in [0.2, 0.25) is 0 Å². The summed E-state index contributed by atoms with van der Waals surface area (Å²) in [5, 5.41) is 2.07. The Bertz CT molecular complexity index is 1230. The van der Waals surface area contributed by atoms with E-state index in [9.17, 15) is 9.59 Å². The quantitative estimate of drug-likeness (QED) is 0.385. The van der Waals surface area contributed by atoms with Crippen molar-refractivity contribution >= 4 is 34.4 Å². The molecule has 3 aromatic rings. The summed E-state index contributed by atoms with van der Waals surface area (Å²) in [6, 6.07) is 21.1. The third kappa shape index (κ3) is 3.89. The molecule has 0 aliphatic carbocycles. The molecule has 0 spiro atoms. The summed E-state index contributed by atoms with van der Waals surface area (Å²) < 4.78 is 10.8. The highest BCUT2D eigenvalue weighted by molar-refractivity contribution is 6.24. The second kappa shape index (κ2) is 9.10. The summed E-state index contributed by atoms with van der Waals surface area (Å²) in [6.07, 6.45) is 1.79. The molecule has 162 valence electrons. The molecular weight excluding hydrogens is 402 g/mol. The number of nitrogens with zero attached hydrogens (tertiary/aromatic N) is 1. The summed E-state index contributed by atoms with van der Waals surface area (Å²) in [4.78, 5) is 28.0.